The number of aromatic amines is 2. The molecule has 0 amide bonds. The van der Waals surface area contributed by atoms with Crippen molar-refractivity contribution < 1.29 is 37.3 Å². The van der Waals surface area contributed by atoms with E-state index in [1.807, 2.05) is 0 Å². The van der Waals surface area contributed by atoms with Crippen LogP contribution in [0.15, 0.2) is 24.5 Å². The highest BCUT2D eigenvalue weighted by Crippen LogP contribution is 2.20. The van der Waals surface area contributed by atoms with E-state index in [9.17, 15) is 20.2 Å². The highest BCUT2D eigenvalue weighted by atomic mass is 32.3. The summed E-state index contributed by atoms with van der Waals surface area (Å²) in [7, 11) is -5.17. The summed E-state index contributed by atoms with van der Waals surface area (Å²) < 4.78 is 34.1. The van der Waals surface area contributed by atoms with Gasteiger partial charge in [0.15, 0.2) is 0 Å². The van der Waals surface area contributed by atoms with Gasteiger partial charge in [0.05, 0.1) is 22.2 Å². The second-order valence-corrected chi connectivity index (χ2v) is 5.58. The van der Waals surface area contributed by atoms with Crippen LogP contribution in [-0.2, 0) is 10.4 Å². The number of H-pyrrole nitrogens is 2. The van der Waals surface area contributed by atoms with Gasteiger partial charge >= 0.3 is 23.0 Å². The van der Waals surface area contributed by atoms with Crippen molar-refractivity contribution in [2.45, 2.75) is 13.8 Å². The van der Waals surface area contributed by atoms with Gasteiger partial charge in [-0.05, 0) is 26.0 Å². The standard InChI is InChI=1S/2C6H7N3O2.H2O4S/c2*1-4-2-3-8-6(7)5(4)9(10)11;1-5(2,3)4/h2*2-3H,1H3,(H2,7,8);(H2,1,2,3,4). The van der Waals surface area contributed by atoms with Gasteiger partial charge in [-0.25, -0.2) is 9.97 Å². The van der Waals surface area contributed by atoms with Crippen LogP contribution in [0.2, 0.25) is 0 Å². The molecule has 2 aromatic rings. The van der Waals surface area contributed by atoms with Gasteiger partial charge < -0.3 is 9.11 Å². The second kappa shape index (κ2) is 9.90. The van der Waals surface area contributed by atoms with Gasteiger partial charge in [-0.1, -0.05) is 0 Å². The van der Waals surface area contributed by atoms with Gasteiger partial charge in [-0.3, -0.25) is 40.1 Å². The fourth-order valence-corrected chi connectivity index (χ4v) is 1.72. The first-order valence-electron chi connectivity index (χ1n) is 6.74. The molecule has 0 fully saturated rings. The molecule has 0 bridgehead atoms. The lowest BCUT2D eigenvalue weighted by atomic mass is 10.2. The molecule has 27 heavy (non-hydrogen) atoms. The van der Waals surface area contributed by atoms with Crippen molar-refractivity contribution in [3.8, 4) is 0 Å². The molecule has 148 valence electrons. The van der Waals surface area contributed by atoms with Crippen molar-refractivity contribution in [1.29, 1.82) is 0 Å². The highest BCUT2D eigenvalue weighted by Gasteiger charge is 2.20. The molecule has 0 aromatic carbocycles. The molecular weight excluding hydrogens is 388 g/mol. The molecule has 0 saturated carbocycles. The Kier molecular flexibility index (Phi) is 8.64. The van der Waals surface area contributed by atoms with Gasteiger partial charge in [-0.15, -0.1) is 0 Å². The second-order valence-electron chi connectivity index (χ2n) is 4.77. The molecule has 0 spiro atoms. The van der Waals surface area contributed by atoms with Crippen LogP contribution in [0.4, 0.5) is 23.0 Å². The normalized spacial score (nSPS) is 9.93. The first kappa shape index (κ1) is 23.6. The van der Waals surface area contributed by atoms with E-state index in [2.05, 4.69) is 9.97 Å². The Labute approximate surface area is 152 Å². The zero-order valence-electron chi connectivity index (χ0n) is 14.0. The minimum atomic E-state index is -5.17. The molecule has 6 N–H and O–H groups in total. The Morgan fingerprint density at radius 3 is 1.26 bits per heavy atom. The van der Waals surface area contributed by atoms with Gasteiger partial charge in [-0.2, -0.15) is 0 Å². The average Bonchev–Trinajstić information content (AvgIpc) is 2.44. The van der Waals surface area contributed by atoms with Crippen LogP contribution in [0, 0.1) is 34.1 Å². The molecular formula is C12H16N6O8S. The smallest absolute Gasteiger partial charge is 0.359 e. The van der Waals surface area contributed by atoms with E-state index < -0.39 is 20.2 Å². The predicted molar refractivity (Wildman–Crippen MR) is 88.1 cm³/mol. The third kappa shape index (κ3) is 9.00. The van der Waals surface area contributed by atoms with E-state index in [0.717, 1.165) is 0 Å². The quantitative estimate of drug-likeness (QED) is 0.274. The number of aromatic nitrogens is 2. The topological polar surface area (TPSA) is 247 Å². The van der Waals surface area contributed by atoms with Crippen LogP contribution in [0.1, 0.15) is 11.1 Å². The Morgan fingerprint density at radius 2 is 1.11 bits per heavy atom. The van der Waals surface area contributed by atoms with E-state index in [0.29, 0.717) is 11.1 Å². The van der Waals surface area contributed by atoms with Crippen molar-refractivity contribution in [3.63, 3.8) is 0 Å². The molecule has 2 rings (SSSR count). The maximum absolute atomic E-state index is 10.3. The number of rotatable bonds is 2. The predicted octanol–water partition coefficient (Wildman–Crippen LogP) is -0.739. The lowest BCUT2D eigenvalue weighted by molar-refractivity contribution is -0.409. The van der Waals surface area contributed by atoms with Crippen molar-refractivity contribution >= 4 is 33.4 Å². The summed E-state index contributed by atoms with van der Waals surface area (Å²) in [6.45, 7) is 3.28. The van der Waals surface area contributed by atoms with Crippen LogP contribution in [0.3, 0.4) is 0 Å². The minimum absolute atomic E-state index is 0.0486. The molecule has 0 atom stereocenters. The molecule has 0 aliphatic carbocycles. The van der Waals surface area contributed by atoms with Crippen molar-refractivity contribution in [1.82, 2.24) is 0 Å². The van der Waals surface area contributed by atoms with Gasteiger partial charge in [0.2, 0.25) is 0 Å². The van der Waals surface area contributed by atoms with E-state index in [-0.39, 0.29) is 23.0 Å². The van der Waals surface area contributed by atoms with E-state index in [1.54, 1.807) is 38.4 Å². The number of nitrogen functional groups attached to an aromatic ring is 2. The molecule has 15 heteroatoms. The van der Waals surface area contributed by atoms with Crippen LogP contribution in [0.25, 0.3) is 0 Å². The van der Waals surface area contributed by atoms with Crippen LogP contribution in [-0.4, -0.2) is 27.4 Å². The zero-order valence-corrected chi connectivity index (χ0v) is 14.8. The summed E-state index contributed by atoms with van der Waals surface area (Å²) in [4.78, 5) is 24.8. The molecule has 0 aliphatic heterocycles. The maximum Gasteiger partial charge on any atom is 0.359 e. The molecule has 0 unspecified atom stereocenters. The van der Waals surface area contributed by atoms with Crippen molar-refractivity contribution in [2.24, 2.45) is 0 Å². The third-order valence-corrected chi connectivity index (χ3v) is 2.77. The molecule has 0 aliphatic rings. The van der Waals surface area contributed by atoms with Crippen LogP contribution < -0.4 is 21.4 Å². The summed E-state index contributed by atoms with van der Waals surface area (Å²) >= 11 is 0. The van der Waals surface area contributed by atoms with E-state index in [4.69, 9.17) is 29.0 Å². The maximum atomic E-state index is 10.3. The third-order valence-electron chi connectivity index (χ3n) is 2.77. The Hall–Kier alpha value is -3.43. The highest BCUT2D eigenvalue weighted by molar-refractivity contribution is 7.79. The largest absolute Gasteiger partial charge is 0.759 e. The Morgan fingerprint density at radius 1 is 0.852 bits per heavy atom. The Balaban J connectivity index is 0.000000405. The minimum Gasteiger partial charge on any atom is -0.759 e. The molecule has 2 aromatic heterocycles. The first-order chi connectivity index (χ1) is 12.3. The molecule has 14 nitrogen and oxygen atoms in total. The number of hydrogen-bond acceptors (Lipinski definition) is 10. The van der Waals surface area contributed by atoms with Crippen molar-refractivity contribution in [3.05, 3.63) is 55.9 Å². The fourth-order valence-electron chi connectivity index (χ4n) is 1.72. The SMILES string of the molecule is Cc1cc[nH+]c(N)c1[N+](=O)[O-].Cc1cc[nH+]c(N)c1[N+](=O)[O-].O=S(=O)([O-])[O-]. The zero-order chi connectivity index (χ0) is 21.4. The average molecular weight is 404 g/mol. The van der Waals surface area contributed by atoms with E-state index in [1.165, 1.54) is 0 Å². The van der Waals surface area contributed by atoms with Crippen LogP contribution >= 0.6 is 0 Å². The number of nitro groups is 2. The number of nitrogens with two attached hydrogens (primary N) is 2. The number of nitrogens with one attached hydrogen (secondary N) is 2. The first-order valence-corrected chi connectivity index (χ1v) is 8.08. The van der Waals surface area contributed by atoms with Gasteiger partial charge in [0.25, 0.3) is 0 Å². The monoisotopic (exact) mass is 404 g/mol. The van der Waals surface area contributed by atoms with E-state index >= 15 is 0 Å². The lowest BCUT2D eigenvalue weighted by Crippen LogP contribution is -2.12. The molecule has 2 heterocycles. The molecule has 0 saturated heterocycles. The fraction of sp³-hybridized carbons (Fsp3) is 0.167. The van der Waals surface area contributed by atoms with Crippen molar-refractivity contribution in [2.75, 3.05) is 11.5 Å². The number of hydrogen-bond donors (Lipinski definition) is 2. The number of anilines is 2. The van der Waals surface area contributed by atoms with Crippen LogP contribution in [0.5, 0.6) is 0 Å². The van der Waals surface area contributed by atoms with Gasteiger partial charge in [0.1, 0.15) is 0 Å². The summed E-state index contributed by atoms with van der Waals surface area (Å²) in [6.07, 6.45) is 3.13. The molecule has 0 radical (unpaired) electrons. The summed E-state index contributed by atoms with van der Waals surface area (Å²) in [5.74, 6) is 0.185. The van der Waals surface area contributed by atoms with Gasteiger partial charge in [0, 0.05) is 21.5 Å². The number of pyridine rings is 2. The number of aryl methyl sites for hydroxylation is 2. The summed E-state index contributed by atoms with van der Waals surface area (Å²) in [6, 6.07) is 3.21. The Bertz CT molecular complexity index is 823. The summed E-state index contributed by atoms with van der Waals surface area (Å²) in [5, 5.41) is 20.7. The lowest BCUT2D eigenvalue weighted by Gasteiger charge is -2.06. The number of nitrogens with zero attached hydrogens (tertiary/aromatic N) is 2. The summed E-state index contributed by atoms with van der Waals surface area (Å²) in [5.41, 5.74) is 11.7.